The summed E-state index contributed by atoms with van der Waals surface area (Å²) in [5, 5.41) is 12.8. The molecular weight excluding hydrogens is 579 g/mol. The number of aliphatic hydroxyl groups excluding tert-OH is 1. The van der Waals surface area contributed by atoms with Gasteiger partial charge in [-0.1, -0.05) is 71.7 Å². The number of rotatable bonds is 12. The molecule has 0 aliphatic rings. The average molecular weight is 607 g/mol. The number of pyridine rings is 1. The summed E-state index contributed by atoms with van der Waals surface area (Å²) in [5.41, 5.74) is 5.99. The van der Waals surface area contributed by atoms with Crippen molar-refractivity contribution < 1.29 is 24.1 Å². The molecule has 5 rings (SSSR count). The number of aliphatic hydroxyl groups is 1. The highest BCUT2D eigenvalue weighted by Gasteiger charge is 2.15. The number of nitrogens with one attached hydrogen (secondary N) is 2. The van der Waals surface area contributed by atoms with E-state index in [4.69, 9.17) is 42.5 Å². The average Bonchev–Trinajstić information content (AvgIpc) is 3.40. The minimum Gasteiger partial charge on any atom is -0.465 e. The van der Waals surface area contributed by atoms with Crippen LogP contribution in [0.25, 0.3) is 33.5 Å². The van der Waals surface area contributed by atoms with Gasteiger partial charge in [0, 0.05) is 18.7 Å². The Morgan fingerprint density at radius 2 is 1.62 bits per heavy atom. The molecular formula is C31H28Cl2N4O5. The Morgan fingerprint density at radius 3 is 2.33 bits per heavy atom. The molecule has 0 fully saturated rings. The van der Waals surface area contributed by atoms with Crippen molar-refractivity contribution in [3.05, 3.63) is 94.0 Å². The fourth-order valence-electron chi connectivity index (χ4n) is 4.27. The van der Waals surface area contributed by atoms with Crippen molar-refractivity contribution in [3.8, 4) is 34.1 Å². The fraction of sp³-hybridized carbons (Fsp3) is 0.194. The van der Waals surface area contributed by atoms with Gasteiger partial charge < -0.3 is 29.6 Å². The third-order valence-corrected chi connectivity index (χ3v) is 7.01. The molecule has 2 heterocycles. The number of esters is 1. The molecule has 0 amide bonds. The summed E-state index contributed by atoms with van der Waals surface area (Å²) in [7, 11) is 1.28. The van der Waals surface area contributed by atoms with E-state index in [1.165, 1.54) is 18.7 Å². The van der Waals surface area contributed by atoms with Crippen molar-refractivity contribution in [2.45, 2.75) is 6.54 Å². The molecule has 0 radical (unpaired) electrons. The summed E-state index contributed by atoms with van der Waals surface area (Å²) in [5.74, 6) is -0.213. The molecule has 5 aromatic rings. The van der Waals surface area contributed by atoms with Gasteiger partial charge in [-0.25, -0.2) is 9.78 Å². The van der Waals surface area contributed by atoms with E-state index in [1.54, 1.807) is 18.2 Å². The number of methoxy groups -OCH3 is 1. The van der Waals surface area contributed by atoms with Crippen molar-refractivity contribution in [1.82, 2.24) is 20.3 Å². The van der Waals surface area contributed by atoms with E-state index in [0.29, 0.717) is 40.8 Å². The van der Waals surface area contributed by atoms with Crippen LogP contribution in [0.3, 0.4) is 0 Å². The summed E-state index contributed by atoms with van der Waals surface area (Å²) in [6.07, 6.45) is 0. The molecule has 0 atom stereocenters. The van der Waals surface area contributed by atoms with Gasteiger partial charge in [-0.2, -0.15) is 4.98 Å². The molecule has 42 heavy (non-hydrogen) atoms. The number of hydrogen-bond acceptors (Lipinski definition) is 8. The normalized spacial score (nSPS) is 11.1. The van der Waals surface area contributed by atoms with Gasteiger partial charge in [-0.05, 0) is 41.0 Å². The number of aromatic nitrogens is 3. The molecule has 0 saturated heterocycles. The van der Waals surface area contributed by atoms with E-state index in [9.17, 15) is 4.79 Å². The van der Waals surface area contributed by atoms with Crippen molar-refractivity contribution in [2.24, 2.45) is 0 Å². The number of carbonyl (C=O) groups excluding carboxylic acids is 1. The minimum absolute atomic E-state index is 0.0376. The second kappa shape index (κ2) is 13.8. The number of H-pyrrole nitrogens is 1. The first-order valence-corrected chi connectivity index (χ1v) is 13.9. The van der Waals surface area contributed by atoms with E-state index >= 15 is 0 Å². The number of benzene rings is 3. The molecule has 3 N–H and O–H groups in total. The topological polar surface area (TPSA) is 119 Å². The van der Waals surface area contributed by atoms with Crippen LogP contribution in [0.5, 0.6) is 11.8 Å². The maximum atomic E-state index is 12.0. The van der Waals surface area contributed by atoms with Crippen LogP contribution in [0, 0.1) is 0 Å². The van der Waals surface area contributed by atoms with Gasteiger partial charge >= 0.3 is 12.0 Å². The first kappa shape index (κ1) is 29.5. The van der Waals surface area contributed by atoms with Crippen LogP contribution in [0.4, 0.5) is 0 Å². The predicted octanol–water partition coefficient (Wildman–Crippen LogP) is 6.28. The Kier molecular flexibility index (Phi) is 9.68. The summed E-state index contributed by atoms with van der Waals surface area (Å²) < 4.78 is 15.8. The molecule has 3 aromatic carbocycles. The maximum Gasteiger partial charge on any atom is 0.339 e. The van der Waals surface area contributed by atoms with Gasteiger partial charge in [0.05, 0.1) is 53.7 Å². The third kappa shape index (κ3) is 7.07. The molecule has 9 nitrogen and oxygen atoms in total. The molecule has 0 aliphatic carbocycles. The van der Waals surface area contributed by atoms with Crippen LogP contribution < -0.4 is 10.1 Å². The number of aromatic amines is 1. The quantitative estimate of drug-likeness (QED) is 0.112. The first-order chi connectivity index (χ1) is 20.4. The molecule has 0 bridgehead atoms. The van der Waals surface area contributed by atoms with E-state index < -0.39 is 5.97 Å². The van der Waals surface area contributed by atoms with E-state index in [-0.39, 0.29) is 23.2 Å². The van der Waals surface area contributed by atoms with Crippen molar-refractivity contribution in [2.75, 3.05) is 33.5 Å². The standard InChI is InChI=1S/C31H28Cl2N4O5/c1-40-30(39)24-16-23(10-11-25(24)32)42-31-35-27-17-26(33)28(36-29(27)37-31)22-8-6-21(7-9-22)20-4-2-19(3-5-20)18-34-12-14-41-15-13-38/h2-11,16-17,34,38H,12-15,18H2,1H3,(H,35,36,37). The lowest BCUT2D eigenvalue weighted by Crippen LogP contribution is -2.19. The lowest BCUT2D eigenvalue weighted by atomic mass is 10.0. The fourth-order valence-corrected chi connectivity index (χ4v) is 4.73. The molecule has 216 valence electrons. The smallest absolute Gasteiger partial charge is 0.339 e. The molecule has 0 aliphatic heterocycles. The largest absolute Gasteiger partial charge is 0.465 e. The zero-order chi connectivity index (χ0) is 29.5. The Hall–Kier alpha value is -3.99. The zero-order valence-electron chi connectivity index (χ0n) is 22.7. The summed E-state index contributed by atoms with van der Waals surface area (Å²) >= 11 is 12.7. The highest BCUT2D eigenvalue weighted by atomic mass is 35.5. The number of ether oxygens (including phenoxy) is 3. The number of fused-ring (bicyclic) bond motifs is 1. The van der Waals surface area contributed by atoms with Crippen LogP contribution in [0.2, 0.25) is 10.0 Å². The van der Waals surface area contributed by atoms with Crippen LogP contribution >= 0.6 is 23.2 Å². The molecule has 0 saturated carbocycles. The monoisotopic (exact) mass is 606 g/mol. The van der Waals surface area contributed by atoms with E-state index in [1.807, 2.05) is 24.3 Å². The van der Waals surface area contributed by atoms with Crippen LogP contribution in [-0.4, -0.2) is 59.5 Å². The second-order valence-corrected chi connectivity index (χ2v) is 10.1. The van der Waals surface area contributed by atoms with E-state index in [0.717, 1.165) is 29.8 Å². The summed E-state index contributed by atoms with van der Waals surface area (Å²) in [6.45, 7) is 2.42. The van der Waals surface area contributed by atoms with Crippen molar-refractivity contribution in [3.63, 3.8) is 0 Å². The van der Waals surface area contributed by atoms with Crippen LogP contribution in [0.1, 0.15) is 15.9 Å². The van der Waals surface area contributed by atoms with Gasteiger partial charge in [-0.15, -0.1) is 0 Å². The number of nitrogens with zero attached hydrogens (tertiary/aromatic N) is 2. The summed E-state index contributed by atoms with van der Waals surface area (Å²) in [6, 6.07) is 23.0. The van der Waals surface area contributed by atoms with Crippen LogP contribution in [0.15, 0.2) is 72.8 Å². The first-order valence-electron chi connectivity index (χ1n) is 13.2. The van der Waals surface area contributed by atoms with Gasteiger partial charge in [0.1, 0.15) is 5.75 Å². The summed E-state index contributed by atoms with van der Waals surface area (Å²) in [4.78, 5) is 24.1. The highest BCUT2D eigenvalue weighted by molar-refractivity contribution is 6.34. The van der Waals surface area contributed by atoms with E-state index in [2.05, 4.69) is 44.5 Å². The third-order valence-electron chi connectivity index (χ3n) is 6.40. The maximum absolute atomic E-state index is 12.0. The molecule has 0 unspecified atom stereocenters. The Morgan fingerprint density at radius 1 is 0.905 bits per heavy atom. The number of halogens is 2. The number of hydrogen-bond donors (Lipinski definition) is 3. The SMILES string of the molecule is COC(=O)c1cc(Oc2nc3nc(-c4ccc(-c5ccc(CNCCOCCO)cc5)cc4)c(Cl)cc3[nH]2)ccc1Cl. The van der Waals surface area contributed by atoms with Gasteiger partial charge in [0.2, 0.25) is 0 Å². The van der Waals surface area contributed by atoms with Gasteiger partial charge in [0.15, 0.2) is 5.65 Å². The molecule has 2 aromatic heterocycles. The second-order valence-electron chi connectivity index (χ2n) is 9.25. The van der Waals surface area contributed by atoms with Crippen molar-refractivity contribution >= 4 is 40.3 Å². The van der Waals surface area contributed by atoms with Crippen molar-refractivity contribution in [1.29, 1.82) is 0 Å². The Bertz CT molecular complexity index is 1670. The zero-order valence-corrected chi connectivity index (χ0v) is 24.2. The molecule has 0 spiro atoms. The van der Waals surface area contributed by atoms with Gasteiger partial charge in [0.25, 0.3) is 0 Å². The lowest BCUT2D eigenvalue weighted by molar-refractivity contribution is 0.0600. The Balaban J connectivity index is 1.27. The van der Waals surface area contributed by atoms with Gasteiger partial charge in [-0.3, -0.25) is 0 Å². The minimum atomic E-state index is -0.568. The lowest BCUT2D eigenvalue weighted by Gasteiger charge is -2.08. The van der Waals surface area contributed by atoms with Crippen LogP contribution in [-0.2, 0) is 16.0 Å². The Labute approximate surface area is 252 Å². The predicted molar refractivity (Wildman–Crippen MR) is 162 cm³/mol. The number of carbonyl (C=O) groups is 1. The number of imidazole rings is 1. The molecule has 11 heteroatoms. The highest BCUT2D eigenvalue weighted by Crippen LogP contribution is 2.32.